The minimum absolute atomic E-state index is 0. The molecule has 0 radical (unpaired) electrons. The van der Waals surface area contributed by atoms with Gasteiger partial charge in [-0.05, 0) is 18.6 Å². The maximum Gasteiger partial charge on any atom is 1.00 e. The van der Waals surface area contributed by atoms with Crippen molar-refractivity contribution in [1.82, 2.24) is 0 Å². The van der Waals surface area contributed by atoms with Crippen LogP contribution in [-0.4, -0.2) is 6.98 Å². The molecule has 0 heterocycles. The third-order valence-electron chi connectivity index (χ3n) is 2.81. The van der Waals surface area contributed by atoms with Crippen LogP contribution in [0.25, 0.3) is 0 Å². The summed E-state index contributed by atoms with van der Waals surface area (Å²) in [5, 5.41) is 0. The zero-order chi connectivity index (χ0) is 14.8. The van der Waals surface area contributed by atoms with Gasteiger partial charge >= 0.3 is 58.4 Å². The van der Waals surface area contributed by atoms with Crippen LogP contribution in [0.3, 0.4) is 0 Å². The van der Waals surface area contributed by atoms with Crippen molar-refractivity contribution < 1.29 is 73.5 Å². The summed E-state index contributed by atoms with van der Waals surface area (Å²) in [5.41, 5.74) is 0.791. The Hall–Kier alpha value is -0.339. The maximum atomic E-state index is 13.1. The van der Waals surface area contributed by atoms with Crippen molar-refractivity contribution in [2.75, 3.05) is 0 Å². The molecule has 0 saturated heterocycles. The van der Waals surface area contributed by atoms with Crippen LogP contribution in [0.5, 0.6) is 5.75 Å². The van der Waals surface area contributed by atoms with Gasteiger partial charge in [0.1, 0.15) is 12.4 Å². The molecule has 2 aromatic rings. The van der Waals surface area contributed by atoms with E-state index in [2.05, 4.69) is 0 Å². The van der Waals surface area contributed by atoms with E-state index in [9.17, 15) is 17.3 Å². The van der Waals surface area contributed by atoms with Crippen molar-refractivity contribution in [3.63, 3.8) is 0 Å². The van der Waals surface area contributed by atoms with Gasteiger partial charge < -0.3 is 17.7 Å². The van der Waals surface area contributed by atoms with Gasteiger partial charge in [-0.25, -0.2) is 4.39 Å². The molecule has 106 valence electrons. The quantitative estimate of drug-likeness (QED) is 0.597. The van der Waals surface area contributed by atoms with Crippen LogP contribution in [0.15, 0.2) is 42.5 Å². The Morgan fingerprint density at radius 3 is 2.38 bits per heavy atom. The van der Waals surface area contributed by atoms with Crippen LogP contribution in [0.4, 0.5) is 17.3 Å². The van der Waals surface area contributed by atoms with Crippen molar-refractivity contribution in [3.8, 4) is 5.75 Å². The number of rotatable bonds is 4. The number of ether oxygens (including phenoxy) is 1. The summed E-state index contributed by atoms with van der Waals surface area (Å²) in [4.78, 5) is 0. The van der Waals surface area contributed by atoms with Gasteiger partial charge in [0, 0.05) is 6.07 Å². The van der Waals surface area contributed by atoms with Gasteiger partial charge in [-0.3, -0.25) is 0 Å². The summed E-state index contributed by atoms with van der Waals surface area (Å²) in [6.45, 7) is -3.40. The first-order chi connectivity index (χ1) is 9.36. The fourth-order valence-corrected chi connectivity index (χ4v) is 1.87. The van der Waals surface area contributed by atoms with Crippen molar-refractivity contribution in [2.45, 2.75) is 13.5 Å². The third-order valence-corrected chi connectivity index (χ3v) is 2.81. The minimum atomic E-state index is -5.23. The molecule has 0 aliphatic heterocycles. The van der Waals surface area contributed by atoms with Gasteiger partial charge in [0.2, 0.25) is 0 Å². The van der Waals surface area contributed by atoms with Gasteiger partial charge in [0.15, 0.2) is 0 Å². The van der Waals surface area contributed by atoms with E-state index in [0.29, 0.717) is 6.07 Å². The molecule has 0 bridgehead atoms. The largest absolute Gasteiger partial charge is 1.00 e. The second kappa shape index (κ2) is 7.78. The van der Waals surface area contributed by atoms with Gasteiger partial charge in [-0.15, -0.1) is 0 Å². The Morgan fingerprint density at radius 2 is 1.76 bits per heavy atom. The fraction of sp³-hybridized carbons (Fsp3) is 0.143. The van der Waals surface area contributed by atoms with Crippen molar-refractivity contribution in [1.29, 1.82) is 0 Å². The zero-order valence-electron chi connectivity index (χ0n) is 11.7. The van der Waals surface area contributed by atoms with Crippen LogP contribution < -0.4 is 61.6 Å². The molecule has 0 N–H and O–H groups in total. The molecule has 0 spiro atoms. The van der Waals surface area contributed by atoms with E-state index in [4.69, 9.17) is 4.74 Å². The molecular weight excluding hydrogens is 310 g/mol. The number of halogens is 4. The molecule has 2 rings (SSSR count). The van der Waals surface area contributed by atoms with Crippen molar-refractivity contribution in [2.24, 2.45) is 0 Å². The van der Waals surface area contributed by atoms with Crippen LogP contribution in [0.1, 0.15) is 11.1 Å². The average molecular weight is 322 g/mol. The van der Waals surface area contributed by atoms with Crippen LogP contribution >= 0.6 is 0 Å². The Morgan fingerprint density at radius 1 is 1.05 bits per heavy atom. The number of aryl methyl sites for hydroxylation is 1. The van der Waals surface area contributed by atoms with E-state index in [-0.39, 0.29) is 58.0 Å². The molecule has 0 saturated carbocycles. The number of hydrogen-bond acceptors (Lipinski definition) is 1. The molecule has 0 aliphatic rings. The first kappa shape index (κ1) is 18.7. The van der Waals surface area contributed by atoms with Crippen molar-refractivity contribution >= 4 is 12.4 Å². The standard InChI is InChI=1S/C14H12BF4O.K/c1-10-3-2-4-11(7-10)9-20-14-8-12(16)5-6-13(14)15(17,18)19;/h2-8H,9H2,1H3;/q-1;+1. The summed E-state index contributed by atoms with van der Waals surface area (Å²) in [6.07, 6.45) is 0. The molecule has 0 aromatic heterocycles. The summed E-state index contributed by atoms with van der Waals surface area (Å²) in [7, 11) is 0. The third kappa shape index (κ3) is 5.41. The molecule has 0 fully saturated rings. The van der Waals surface area contributed by atoms with E-state index in [0.717, 1.165) is 23.3 Å². The molecule has 21 heavy (non-hydrogen) atoms. The van der Waals surface area contributed by atoms with Crippen molar-refractivity contribution in [3.05, 3.63) is 59.4 Å². The molecule has 7 heteroatoms. The van der Waals surface area contributed by atoms with Crippen LogP contribution in [0.2, 0.25) is 0 Å². The number of hydrogen-bond donors (Lipinski definition) is 0. The summed E-state index contributed by atoms with van der Waals surface area (Å²) in [5.74, 6) is -1.23. The normalized spacial score (nSPS) is 10.9. The molecule has 1 nitrogen and oxygen atoms in total. The Bertz CT molecular complexity index is 616. The molecule has 0 aliphatic carbocycles. The SMILES string of the molecule is Cc1cccc(COc2cc(F)ccc2[B-](F)(F)F)c1.[K+]. The topological polar surface area (TPSA) is 9.23 Å². The van der Waals surface area contributed by atoms with E-state index >= 15 is 0 Å². The monoisotopic (exact) mass is 322 g/mol. The second-order valence-corrected chi connectivity index (χ2v) is 4.53. The van der Waals surface area contributed by atoms with E-state index in [1.165, 1.54) is 0 Å². The average Bonchev–Trinajstić information content (AvgIpc) is 2.35. The second-order valence-electron chi connectivity index (χ2n) is 4.53. The summed E-state index contributed by atoms with van der Waals surface area (Å²) >= 11 is 0. The molecular formula is C14H12BF4KO. The molecule has 2 aromatic carbocycles. The first-order valence-electron chi connectivity index (χ1n) is 6.04. The maximum absolute atomic E-state index is 13.1. The Labute approximate surface area is 163 Å². The fourth-order valence-electron chi connectivity index (χ4n) is 1.87. The zero-order valence-corrected chi connectivity index (χ0v) is 14.9. The van der Waals surface area contributed by atoms with E-state index < -0.39 is 24.0 Å². The van der Waals surface area contributed by atoms with Gasteiger partial charge in [-0.2, -0.15) is 0 Å². The number of benzene rings is 2. The molecule has 0 atom stereocenters. The first-order valence-corrected chi connectivity index (χ1v) is 6.04. The predicted octanol–water partition coefficient (Wildman–Crippen LogP) is 0.772. The van der Waals surface area contributed by atoms with Gasteiger partial charge in [0.05, 0.1) is 5.75 Å². The summed E-state index contributed by atoms with van der Waals surface area (Å²) in [6, 6.07) is 9.46. The molecule has 0 unspecified atom stereocenters. The van der Waals surface area contributed by atoms with Gasteiger partial charge in [-0.1, -0.05) is 41.4 Å². The smallest absolute Gasteiger partial charge is 0.492 e. The van der Waals surface area contributed by atoms with Crippen LogP contribution in [0, 0.1) is 12.7 Å². The molecule has 0 amide bonds. The summed E-state index contributed by atoms with van der Waals surface area (Å²) < 4.78 is 56.7. The van der Waals surface area contributed by atoms with E-state index in [1.807, 2.05) is 13.0 Å². The Kier molecular flexibility index (Phi) is 6.93. The predicted molar refractivity (Wildman–Crippen MR) is 70.6 cm³/mol. The Balaban J connectivity index is 0.00000220. The van der Waals surface area contributed by atoms with Crippen LogP contribution in [-0.2, 0) is 6.61 Å². The van der Waals surface area contributed by atoms with Gasteiger partial charge in [0.25, 0.3) is 0 Å². The minimum Gasteiger partial charge on any atom is -0.492 e. The van der Waals surface area contributed by atoms with E-state index in [1.54, 1.807) is 18.2 Å².